The average Bonchev–Trinajstić information content (AvgIpc) is 3.02. The van der Waals surface area contributed by atoms with Crippen LogP contribution < -0.4 is 5.32 Å². The monoisotopic (exact) mass is 312 g/mol. The Labute approximate surface area is 134 Å². The Morgan fingerprint density at radius 2 is 2.23 bits per heavy atom. The molecule has 0 aliphatic heterocycles. The van der Waals surface area contributed by atoms with Gasteiger partial charge in [0, 0.05) is 37.4 Å². The molecule has 0 spiro atoms. The Balaban J connectivity index is 1.43. The number of hydrogen-bond acceptors (Lipinski definition) is 4. The van der Waals surface area contributed by atoms with Crippen molar-refractivity contribution < 1.29 is 0 Å². The lowest BCUT2D eigenvalue weighted by molar-refractivity contribution is 0.415. The summed E-state index contributed by atoms with van der Waals surface area (Å²) >= 11 is 1.82. The van der Waals surface area contributed by atoms with Gasteiger partial charge in [0.05, 0.1) is 16.6 Å². The molecule has 0 unspecified atom stereocenters. The summed E-state index contributed by atoms with van der Waals surface area (Å²) < 4.78 is 3.28. The van der Waals surface area contributed by atoms with E-state index >= 15 is 0 Å². The van der Waals surface area contributed by atoms with Crippen LogP contribution in [-0.4, -0.2) is 14.8 Å². The fourth-order valence-electron chi connectivity index (χ4n) is 3.09. The van der Waals surface area contributed by atoms with Crippen molar-refractivity contribution in [1.82, 2.24) is 20.1 Å². The Hall–Kier alpha value is -1.72. The van der Waals surface area contributed by atoms with Gasteiger partial charge in [0.15, 0.2) is 0 Å². The first-order valence-electron chi connectivity index (χ1n) is 7.85. The maximum atomic E-state index is 4.45. The lowest BCUT2D eigenvalue weighted by atomic mass is 9.80. The van der Waals surface area contributed by atoms with Gasteiger partial charge in [0.1, 0.15) is 0 Å². The minimum absolute atomic E-state index is 0.737. The van der Waals surface area contributed by atoms with Crippen molar-refractivity contribution in [3.05, 3.63) is 46.9 Å². The average molecular weight is 312 g/mol. The van der Waals surface area contributed by atoms with Gasteiger partial charge in [-0.2, -0.15) is 5.10 Å². The van der Waals surface area contributed by atoms with Gasteiger partial charge in [-0.1, -0.05) is 6.42 Å². The molecule has 1 aliphatic carbocycles. The summed E-state index contributed by atoms with van der Waals surface area (Å²) in [4.78, 5) is 5.54. The van der Waals surface area contributed by atoms with E-state index in [-0.39, 0.29) is 0 Å². The van der Waals surface area contributed by atoms with Gasteiger partial charge < -0.3 is 5.32 Å². The molecule has 0 amide bonds. The molecule has 5 heteroatoms. The van der Waals surface area contributed by atoms with Crippen molar-refractivity contribution in [1.29, 1.82) is 0 Å². The molecule has 3 aromatic rings. The number of aromatic nitrogens is 3. The Kier molecular flexibility index (Phi) is 3.68. The molecule has 22 heavy (non-hydrogen) atoms. The molecule has 114 valence electrons. The van der Waals surface area contributed by atoms with Gasteiger partial charge in [0.2, 0.25) is 0 Å². The van der Waals surface area contributed by atoms with Crippen LogP contribution in [0.5, 0.6) is 0 Å². The lowest BCUT2D eigenvalue weighted by Gasteiger charge is -2.25. The quantitative estimate of drug-likeness (QED) is 0.783. The molecule has 0 aromatic carbocycles. The standard InChI is InChI=1S/C17H20N4S/c1-21-16(15(9-20-21)12-3-2-4-12)10-19-8-14-7-13-5-6-18-11-17(13)22-14/h5-7,9,11-12,19H,2-4,8,10H2,1H3. The highest BCUT2D eigenvalue weighted by molar-refractivity contribution is 7.19. The van der Waals surface area contributed by atoms with Crippen LogP contribution in [0.3, 0.4) is 0 Å². The van der Waals surface area contributed by atoms with Crippen molar-refractivity contribution >= 4 is 21.4 Å². The first kappa shape index (κ1) is 13.9. The van der Waals surface area contributed by atoms with Crippen LogP contribution in [-0.2, 0) is 20.1 Å². The minimum Gasteiger partial charge on any atom is -0.306 e. The molecule has 3 heterocycles. The summed E-state index contributed by atoms with van der Waals surface area (Å²) in [5, 5.41) is 9.31. The molecule has 0 atom stereocenters. The van der Waals surface area contributed by atoms with Crippen molar-refractivity contribution in [2.24, 2.45) is 7.05 Å². The van der Waals surface area contributed by atoms with E-state index < -0.39 is 0 Å². The summed E-state index contributed by atoms with van der Waals surface area (Å²) in [6, 6.07) is 4.33. The van der Waals surface area contributed by atoms with Crippen LogP contribution in [0.4, 0.5) is 0 Å². The predicted octanol–water partition coefficient (Wildman–Crippen LogP) is 3.59. The SMILES string of the molecule is Cn1ncc(C2CCC2)c1CNCc1cc2ccncc2s1. The Morgan fingerprint density at radius 3 is 3.00 bits per heavy atom. The zero-order chi connectivity index (χ0) is 14.9. The van der Waals surface area contributed by atoms with E-state index in [2.05, 4.69) is 33.7 Å². The van der Waals surface area contributed by atoms with E-state index in [1.165, 1.54) is 45.5 Å². The number of aryl methyl sites for hydroxylation is 1. The predicted molar refractivity (Wildman–Crippen MR) is 90.0 cm³/mol. The summed E-state index contributed by atoms with van der Waals surface area (Å²) in [5.74, 6) is 0.737. The van der Waals surface area contributed by atoms with Crippen LogP contribution in [0.15, 0.2) is 30.7 Å². The number of thiophene rings is 1. The lowest BCUT2D eigenvalue weighted by Crippen LogP contribution is -2.18. The molecule has 4 rings (SSSR count). The second-order valence-corrected chi connectivity index (χ2v) is 7.20. The third-order valence-corrected chi connectivity index (χ3v) is 5.69. The summed E-state index contributed by atoms with van der Waals surface area (Å²) in [5.41, 5.74) is 2.79. The second-order valence-electron chi connectivity index (χ2n) is 6.03. The summed E-state index contributed by atoms with van der Waals surface area (Å²) in [6.45, 7) is 1.78. The van der Waals surface area contributed by atoms with E-state index in [4.69, 9.17) is 0 Å². The summed E-state index contributed by atoms with van der Waals surface area (Å²) in [6.07, 6.45) is 9.87. The van der Waals surface area contributed by atoms with Crippen molar-refractivity contribution in [3.63, 3.8) is 0 Å². The van der Waals surface area contributed by atoms with Crippen LogP contribution in [0, 0.1) is 0 Å². The number of nitrogens with one attached hydrogen (secondary N) is 1. The fourth-order valence-corrected chi connectivity index (χ4v) is 4.09. The van der Waals surface area contributed by atoms with E-state index in [0.29, 0.717) is 0 Å². The first-order valence-corrected chi connectivity index (χ1v) is 8.67. The molecule has 1 N–H and O–H groups in total. The summed E-state index contributed by atoms with van der Waals surface area (Å²) in [7, 11) is 2.05. The maximum Gasteiger partial charge on any atom is 0.0553 e. The zero-order valence-corrected chi connectivity index (χ0v) is 13.6. The van der Waals surface area contributed by atoms with Crippen LogP contribution in [0.25, 0.3) is 10.1 Å². The second kappa shape index (κ2) is 5.82. The van der Waals surface area contributed by atoms with E-state index in [1.807, 2.05) is 35.5 Å². The molecule has 0 bridgehead atoms. The molecular weight excluding hydrogens is 292 g/mol. The number of nitrogens with zero attached hydrogens (tertiary/aromatic N) is 3. The molecule has 1 fully saturated rings. The third-order valence-electron chi connectivity index (χ3n) is 4.60. The molecule has 4 nitrogen and oxygen atoms in total. The van der Waals surface area contributed by atoms with Crippen molar-refractivity contribution in [3.8, 4) is 0 Å². The highest BCUT2D eigenvalue weighted by Crippen LogP contribution is 2.37. The normalized spacial score (nSPS) is 15.3. The zero-order valence-electron chi connectivity index (χ0n) is 12.7. The van der Waals surface area contributed by atoms with Crippen LogP contribution in [0.2, 0.25) is 0 Å². The highest BCUT2D eigenvalue weighted by atomic mass is 32.1. The number of hydrogen-bond donors (Lipinski definition) is 1. The van der Waals surface area contributed by atoms with Gasteiger partial charge in [-0.3, -0.25) is 9.67 Å². The Bertz CT molecular complexity index is 752. The van der Waals surface area contributed by atoms with Gasteiger partial charge in [-0.15, -0.1) is 11.3 Å². The smallest absolute Gasteiger partial charge is 0.0553 e. The van der Waals surface area contributed by atoms with Gasteiger partial charge in [-0.05, 0) is 41.8 Å². The first-order chi connectivity index (χ1) is 10.8. The van der Waals surface area contributed by atoms with Gasteiger partial charge >= 0.3 is 0 Å². The number of rotatable bonds is 5. The molecule has 1 saturated carbocycles. The van der Waals surface area contributed by atoms with Gasteiger partial charge in [0.25, 0.3) is 0 Å². The number of fused-ring (bicyclic) bond motifs is 1. The fraction of sp³-hybridized carbons (Fsp3) is 0.412. The van der Waals surface area contributed by atoms with Gasteiger partial charge in [-0.25, -0.2) is 0 Å². The minimum atomic E-state index is 0.737. The number of pyridine rings is 1. The van der Waals surface area contributed by atoms with E-state index in [0.717, 1.165) is 19.0 Å². The molecule has 1 aliphatic rings. The topological polar surface area (TPSA) is 42.7 Å². The highest BCUT2D eigenvalue weighted by Gasteiger charge is 2.24. The van der Waals surface area contributed by atoms with Crippen molar-refractivity contribution in [2.45, 2.75) is 38.3 Å². The van der Waals surface area contributed by atoms with E-state index in [9.17, 15) is 0 Å². The third kappa shape index (κ3) is 2.55. The maximum absolute atomic E-state index is 4.45. The molecule has 0 radical (unpaired) electrons. The molecule has 3 aromatic heterocycles. The van der Waals surface area contributed by atoms with E-state index in [1.54, 1.807) is 0 Å². The Morgan fingerprint density at radius 1 is 1.32 bits per heavy atom. The largest absolute Gasteiger partial charge is 0.306 e. The molecular formula is C17H20N4S. The van der Waals surface area contributed by atoms with Crippen molar-refractivity contribution in [2.75, 3.05) is 0 Å². The van der Waals surface area contributed by atoms with Crippen LogP contribution in [0.1, 0.15) is 41.3 Å². The van der Waals surface area contributed by atoms with Crippen LogP contribution >= 0.6 is 11.3 Å². The molecule has 0 saturated heterocycles.